The van der Waals surface area contributed by atoms with E-state index in [1.54, 1.807) is 0 Å². The summed E-state index contributed by atoms with van der Waals surface area (Å²) in [6.07, 6.45) is 1.43. The van der Waals surface area contributed by atoms with Crippen molar-refractivity contribution in [3.8, 4) is 0 Å². The number of rotatable bonds is 1. The number of hydrogen-bond donors (Lipinski definition) is 0. The van der Waals surface area contributed by atoms with Crippen LogP contribution in [0.1, 0.15) is 6.42 Å². The number of carbonyl (C=O) groups excluding carboxylic acids is 1. The maximum absolute atomic E-state index is 10.1. The van der Waals surface area contributed by atoms with Crippen LogP contribution in [0, 0.1) is 0 Å². The molecule has 0 unspecified atom stereocenters. The van der Waals surface area contributed by atoms with Crippen LogP contribution in [-0.4, -0.2) is 19.5 Å². The first kappa shape index (κ1) is 6.78. The van der Waals surface area contributed by atoms with Crippen molar-refractivity contribution in [2.45, 2.75) is 6.42 Å². The lowest BCUT2D eigenvalue weighted by molar-refractivity contribution is -0.105. The van der Waals surface area contributed by atoms with Crippen molar-refractivity contribution in [1.82, 2.24) is 0 Å². The summed E-state index contributed by atoms with van der Waals surface area (Å²) in [6.45, 7) is 1.01. The van der Waals surface area contributed by atoms with E-state index < -0.39 is 0 Å². The number of aldehydes is 1. The van der Waals surface area contributed by atoms with Crippen LogP contribution in [-0.2, 0) is 9.53 Å². The second kappa shape index (κ2) is 2.99. The van der Waals surface area contributed by atoms with Crippen molar-refractivity contribution in [2.24, 2.45) is 0 Å². The summed E-state index contributed by atoms with van der Waals surface area (Å²) < 4.78 is 4.97. The highest BCUT2D eigenvalue weighted by Gasteiger charge is 2.08. The molecular weight excluding hydrogens is 140 g/mol. The minimum Gasteiger partial charge on any atom is -0.376 e. The van der Waals surface area contributed by atoms with Crippen LogP contribution >= 0.6 is 11.6 Å². The molecule has 0 radical (unpaired) electrons. The molecule has 3 heteroatoms. The zero-order valence-electron chi connectivity index (χ0n) is 4.89. The lowest BCUT2D eigenvalue weighted by atomic mass is 10.2. The predicted molar refractivity (Wildman–Crippen MR) is 34.4 cm³/mol. The Kier molecular flexibility index (Phi) is 2.25. The van der Waals surface area contributed by atoms with Gasteiger partial charge >= 0.3 is 0 Å². The summed E-state index contributed by atoms with van der Waals surface area (Å²) in [7, 11) is 0. The van der Waals surface area contributed by atoms with Gasteiger partial charge in [-0.3, -0.25) is 4.79 Å². The molecule has 0 fully saturated rings. The lowest BCUT2D eigenvalue weighted by Gasteiger charge is -2.11. The second-order valence-electron chi connectivity index (χ2n) is 1.85. The van der Waals surface area contributed by atoms with E-state index in [1.165, 1.54) is 0 Å². The molecule has 0 spiro atoms. The zero-order valence-corrected chi connectivity index (χ0v) is 5.65. The fourth-order valence-electron chi connectivity index (χ4n) is 0.681. The van der Waals surface area contributed by atoms with Crippen molar-refractivity contribution in [1.29, 1.82) is 0 Å². The van der Waals surface area contributed by atoms with E-state index in [4.69, 9.17) is 16.3 Å². The molecule has 50 valence electrons. The maximum Gasteiger partial charge on any atom is 0.149 e. The Morgan fingerprint density at radius 1 is 1.67 bits per heavy atom. The fraction of sp³-hybridized carbons (Fsp3) is 0.500. The van der Waals surface area contributed by atoms with Gasteiger partial charge in [0, 0.05) is 17.0 Å². The average molecular weight is 147 g/mol. The van der Waals surface area contributed by atoms with E-state index in [1.807, 2.05) is 0 Å². The summed E-state index contributed by atoms with van der Waals surface area (Å²) in [5, 5.41) is 0.649. The molecule has 1 aliphatic rings. The van der Waals surface area contributed by atoms with Crippen LogP contribution in [0.3, 0.4) is 0 Å². The highest BCUT2D eigenvalue weighted by atomic mass is 35.5. The van der Waals surface area contributed by atoms with E-state index in [0.717, 1.165) is 6.29 Å². The zero-order chi connectivity index (χ0) is 6.69. The largest absolute Gasteiger partial charge is 0.376 e. The topological polar surface area (TPSA) is 26.3 Å². The van der Waals surface area contributed by atoms with Crippen LogP contribution in [0.25, 0.3) is 0 Å². The summed E-state index contributed by atoms with van der Waals surface area (Å²) in [6, 6.07) is 0. The van der Waals surface area contributed by atoms with Crippen molar-refractivity contribution < 1.29 is 9.53 Å². The summed E-state index contributed by atoms with van der Waals surface area (Å²) in [4.78, 5) is 10.1. The molecular formula is C6H7ClO2. The van der Waals surface area contributed by atoms with Crippen molar-refractivity contribution in [3.63, 3.8) is 0 Å². The molecule has 2 nitrogen and oxygen atoms in total. The maximum atomic E-state index is 10.1. The van der Waals surface area contributed by atoms with Crippen molar-refractivity contribution in [3.05, 3.63) is 10.6 Å². The Morgan fingerprint density at radius 2 is 2.44 bits per heavy atom. The van der Waals surface area contributed by atoms with Crippen LogP contribution < -0.4 is 0 Å². The van der Waals surface area contributed by atoms with E-state index in [2.05, 4.69) is 0 Å². The standard InChI is InChI=1S/C6H7ClO2/c7-6-1-2-9-4-5(6)3-8/h3H,1-2,4H2. The van der Waals surface area contributed by atoms with Gasteiger partial charge in [-0.15, -0.1) is 0 Å². The van der Waals surface area contributed by atoms with Crippen LogP contribution in [0.15, 0.2) is 10.6 Å². The number of halogens is 1. The third-order valence-corrected chi connectivity index (χ3v) is 1.65. The fourth-order valence-corrected chi connectivity index (χ4v) is 0.857. The molecule has 0 saturated heterocycles. The SMILES string of the molecule is O=CC1=C(Cl)CCOC1. The van der Waals surface area contributed by atoms with Gasteiger partial charge in [0.15, 0.2) is 0 Å². The highest BCUT2D eigenvalue weighted by Crippen LogP contribution is 2.16. The van der Waals surface area contributed by atoms with Crippen molar-refractivity contribution >= 4 is 17.9 Å². The minimum atomic E-state index is 0.377. The van der Waals surface area contributed by atoms with Crippen LogP contribution in [0.5, 0.6) is 0 Å². The molecule has 0 amide bonds. The molecule has 1 aliphatic heterocycles. The first-order valence-corrected chi connectivity index (χ1v) is 3.13. The highest BCUT2D eigenvalue weighted by molar-refractivity contribution is 6.31. The predicted octanol–water partition coefficient (Wildman–Crippen LogP) is 1.10. The Labute approximate surface area is 58.4 Å². The Morgan fingerprint density at radius 3 is 2.89 bits per heavy atom. The molecule has 1 rings (SSSR count). The molecule has 0 atom stereocenters. The summed E-state index contributed by atoms with van der Waals surface area (Å²) >= 11 is 5.65. The minimum absolute atomic E-state index is 0.377. The number of ether oxygens (including phenoxy) is 1. The third kappa shape index (κ3) is 1.53. The Hall–Kier alpha value is -0.340. The summed E-state index contributed by atoms with van der Waals surface area (Å²) in [5.74, 6) is 0. The normalized spacial score (nSPS) is 20.1. The van der Waals surface area contributed by atoms with Gasteiger partial charge < -0.3 is 4.74 Å². The van der Waals surface area contributed by atoms with Gasteiger partial charge in [-0.05, 0) is 0 Å². The molecule has 0 saturated carbocycles. The molecule has 0 N–H and O–H groups in total. The van der Waals surface area contributed by atoms with E-state index in [-0.39, 0.29) is 0 Å². The van der Waals surface area contributed by atoms with E-state index >= 15 is 0 Å². The quantitative estimate of drug-likeness (QED) is 0.518. The van der Waals surface area contributed by atoms with Crippen LogP contribution in [0.2, 0.25) is 0 Å². The molecule has 9 heavy (non-hydrogen) atoms. The monoisotopic (exact) mass is 146 g/mol. The molecule has 0 aliphatic carbocycles. The molecule has 0 aromatic carbocycles. The molecule has 0 bridgehead atoms. The lowest BCUT2D eigenvalue weighted by Crippen LogP contribution is -2.09. The van der Waals surface area contributed by atoms with E-state index in [9.17, 15) is 4.79 Å². The van der Waals surface area contributed by atoms with Gasteiger partial charge in [0.25, 0.3) is 0 Å². The van der Waals surface area contributed by atoms with Gasteiger partial charge in [0.1, 0.15) is 6.29 Å². The van der Waals surface area contributed by atoms with Crippen LogP contribution in [0.4, 0.5) is 0 Å². The van der Waals surface area contributed by atoms with Crippen molar-refractivity contribution in [2.75, 3.05) is 13.2 Å². The van der Waals surface area contributed by atoms with Gasteiger partial charge in [-0.1, -0.05) is 11.6 Å². The third-order valence-electron chi connectivity index (χ3n) is 1.21. The van der Waals surface area contributed by atoms with Gasteiger partial charge in [-0.2, -0.15) is 0 Å². The number of hydrogen-bond acceptors (Lipinski definition) is 2. The van der Waals surface area contributed by atoms with Gasteiger partial charge in [-0.25, -0.2) is 0 Å². The Bertz CT molecular complexity index is 151. The molecule has 0 aromatic rings. The van der Waals surface area contributed by atoms with E-state index in [0.29, 0.717) is 30.2 Å². The number of carbonyl (C=O) groups is 1. The second-order valence-corrected chi connectivity index (χ2v) is 2.31. The van der Waals surface area contributed by atoms with Gasteiger partial charge in [0.2, 0.25) is 0 Å². The smallest absolute Gasteiger partial charge is 0.149 e. The first-order valence-electron chi connectivity index (χ1n) is 2.75. The summed E-state index contributed by atoms with van der Waals surface area (Å²) in [5.41, 5.74) is 0.586. The molecule has 0 aromatic heterocycles. The van der Waals surface area contributed by atoms with Gasteiger partial charge in [0.05, 0.1) is 13.2 Å². The Balaban J connectivity index is 2.70. The molecule has 1 heterocycles. The first-order chi connectivity index (χ1) is 4.34. The average Bonchev–Trinajstić information content (AvgIpc) is 1.89.